The number of carbonyl (C=O) groups excluding carboxylic acids is 2. The van der Waals surface area contributed by atoms with E-state index in [9.17, 15) is 9.59 Å². The van der Waals surface area contributed by atoms with Gasteiger partial charge in [-0.15, -0.1) is 11.3 Å². The molecular weight excluding hydrogens is 460 g/mol. The van der Waals surface area contributed by atoms with Crippen LogP contribution in [0.2, 0.25) is 0 Å². The van der Waals surface area contributed by atoms with Crippen LogP contribution in [0.1, 0.15) is 64.6 Å². The largest absolute Gasteiger partial charge is 0.352 e. The first kappa shape index (κ1) is 22.3. The standard InChI is InChI=1S/C26H30N6O2S/c1-15-20(3-2-10-27-15)30-26-28-11-12-32(26)18-8-9-21-19(13-18)22(24(34)29-14-16-4-5-16)25(35-21)31-23(33)17-6-7-17/h2-3,10-12,16-18H,4-9,13-14H2,1H3,(H,28,30)(H,29,34)(H,31,33)/t18-/m0/s1. The molecule has 0 bridgehead atoms. The Hall–Kier alpha value is -3.20. The minimum atomic E-state index is -0.0592. The van der Waals surface area contributed by atoms with Gasteiger partial charge in [0.1, 0.15) is 5.00 Å². The molecule has 1 atom stereocenters. The van der Waals surface area contributed by atoms with E-state index in [0.29, 0.717) is 18.0 Å². The maximum atomic E-state index is 13.3. The lowest BCUT2D eigenvalue weighted by Crippen LogP contribution is -2.28. The molecule has 3 aromatic heterocycles. The van der Waals surface area contributed by atoms with Crippen LogP contribution in [0.4, 0.5) is 16.6 Å². The topological polar surface area (TPSA) is 101 Å². The fourth-order valence-electron chi connectivity index (χ4n) is 4.78. The number of imidazole rings is 1. The second-order valence-corrected chi connectivity index (χ2v) is 11.0. The van der Waals surface area contributed by atoms with Gasteiger partial charge in [0, 0.05) is 42.0 Å². The summed E-state index contributed by atoms with van der Waals surface area (Å²) in [7, 11) is 0. The smallest absolute Gasteiger partial charge is 0.254 e. The van der Waals surface area contributed by atoms with Crippen LogP contribution >= 0.6 is 11.3 Å². The number of amides is 2. The predicted octanol–water partition coefficient (Wildman–Crippen LogP) is 4.61. The van der Waals surface area contributed by atoms with Crippen LogP contribution in [0.15, 0.2) is 30.7 Å². The van der Waals surface area contributed by atoms with Gasteiger partial charge in [0.15, 0.2) is 0 Å². The van der Waals surface area contributed by atoms with Gasteiger partial charge in [0.25, 0.3) is 5.91 Å². The molecule has 0 unspecified atom stereocenters. The number of rotatable bonds is 8. The van der Waals surface area contributed by atoms with Crippen molar-refractivity contribution in [1.82, 2.24) is 19.9 Å². The Bertz CT molecular complexity index is 1270. The van der Waals surface area contributed by atoms with E-state index in [0.717, 1.165) is 60.0 Å². The Morgan fingerprint density at radius 3 is 2.77 bits per heavy atom. The Labute approximate surface area is 208 Å². The van der Waals surface area contributed by atoms with Crippen LogP contribution in [0, 0.1) is 18.8 Å². The summed E-state index contributed by atoms with van der Waals surface area (Å²) in [5.74, 6) is 1.45. The number of aryl methyl sites for hydroxylation is 2. The fourth-order valence-corrected chi connectivity index (χ4v) is 6.02. The molecule has 2 amide bonds. The monoisotopic (exact) mass is 490 g/mol. The lowest BCUT2D eigenvalue weighted by Gasteiger charge is -2.26. The normalized spacial score (nSPS) is 19.2. The second-order valence-electron chi connectivity index (χ2n) is 9.94. The number of hydrogen-bond donors (Lipinski definition) is 3. The number of carbonyl (C=O) groups is 2. The van der Waals surface area contributed by atoms with E-state index in [2.05, 4.69) is 30.5 Å². The summed E-state index contributed by atoms with van der Waals surface area (Å²) in [5, 5.41) is 10.4. The summed E-state index contributed by atoms with van der Waals surface area (Å²) in [5.41, 5.74) is 3.58. The first-order chi connectivity index (χ1) is 17.1. The molecule has 9 heteroatoms. The lowest BCUT2D eigenvalue weighted by molar-refractivity contribution is -0.117. The van der Waals surface area contributed by atoms with E-state index in [4.69, 9.17) is 0 Å². The SMILES string of the molecule is Cc1ncccc1Nc1nccn1[C@H]1CCc2sc(NC(=O)C3CC3)c(C(=O)NCC3CC3)c2C1. The average molecular weight is 491 g/mol. The Balaban J connectivity index is 1.27. The van der Waals surface area contributed by atoms with Crippen molar-refractivity contribution in [2.45, 2.75) is 57.9 Å². The zero-order valence-electron chi connectivity index (χ0n) is 19.8. The minimum Gasteiger partial charge on any atom is -0.352 e. The van der Waals surface area contributed by atoms with Crippen molar-refractivity contribution in [3.8, 4) is 0 Å². The van der Waals surface area contributed by atoms with Crippen LogP contribution in [-0.2, 0) is 17.6 Å². The summed E-state index contributed by atoms with van der Waals surface area (Å²) in [6.45, 7) is 2.68. The van der Waals surface area contributed by atoms with Crippen molar-refractivity contribution in [3.05, 3.63) is 52.4 Å². The maximum absolute atomic E-state index is 13.3. The van der Waals surface area contributed by atoms with Crippen molar-refractivity contribution in [1.29, 1.82) is 0 Å². The molecule has 3 aliphatic rings. The molecule has 2 fully saturated rings. The highest BCUT2D eigenvalue weighted by molar-refractivity contribution is 7.17. The number of thiophene rings is 1. The van der Waals surface area contributed by atoms with Gasteiger partial charge in [0.05, 0.1) is 16.9 Å². The molecule has 0 radical (unpaired) electrons. The number of nitrogens with zero attached hydrogens (tertiary/aromatic N) is 3. The molecule has 3 aromatic rings. The van der Waals surface area contributed by atoms with Crippen molar-refractivity contribution < 1.29 is 9.59 Å². The van der Waals surface area contributed by atoms with Crippen molar-refractivity contribution >= 4 is 39.8 Å². The van der Waals surface area contributed by atoms with Crippen molar-refractivity contribution in [2.24, 2.45) is 11.8 Å². The van der Waals surface area contributed by atoms with Crippen LogP contribution in [0.3, 0.4) is 0 Å². The molecule has 3 N–H and O–H groups in total. The zero-order valence-corrected chi connectivity index (χ0v) is 20.7. The molecule has 0 aromatic carbocycles. The Morgan fingerprint density at radius 2 is 2.00 bits per heavy atom. The number of nitrogens with one attached hydrogen (secondary N) is 3. The first-order valence-electron chi connectivity index (χ1n) is 12.5. The fraction of sp³-hybridized carbons (Fsp3) is 0.462. The number of fused-ring (bicyclic) bond motifs is 1. The van der Waals surface area contributed by atoms with Gasteiger partial charge in [-0.3, -0.25) is 14.6 Å². The van der Waals surface area contributed by atoms with Gasteiger partial charge in [-0.05, 0) is 75.5 Å². The van der Waals surface area contributed by atoms with E-state index in [1.54, 1.807) is 17.5 Å². The quantitative estimate of drug-likeness (QED) is 0.428. The highest BCUT2D eigenvalue weighted by Gasteiger charge is 2.35. The van der Waals surface area contributed by atoms with E-state index < -0.39 is 0 Å². The number of pyridine rings is 1. The summed E-state index contributed by atoms with van der Waals surface area (Å²) in [6.07, 6.45) is 12.4. The van der Waals surface area contributed by atoms with Crippen molar-refractivity contribution in [2.75, 3.05) is 17.2 Å². The highest BCUT2D eigenvalue weighted by Crippen LogP contribution is 2.43. The maximum Gasteiger partial charge on any atom is 0.254 e. The molecule has 35 heavy (non-hydrogen) atoms. The third kappa shape index (κ3) is 4.69. The Morgan fingerprint density at radius 1 is 1.14 bits per heavy atom. The van der Waals surface area contributed by atoms with Crippen LogP contribution in [-0.4, -0.2) is 32.9 Å². The molecule has 0 spiro atoms. The highest BCUT2D eigenvalue weighted by atomic mass is 32.1. The molecule has 0 saturated heterocycles. The molecule has 3 heterocycles. The lowest BCUT2D eigenvalue weighted by atomic mass is 9.91. The third-order valence-electron chi connectivity index (χ3n) is 7.21. The summed E-state index contributed by atoms with van der Waals surface area (Å²) >= 11 is 1.58. The molecule has 8 nitrogen and oxygen atoms in total. The van der Waals surface area contributed by atoms with Gasteiger partial charge in [-0.2, -0.15) is 0 Å². The van der Waals surface area contributed by atoms with Gasteiger partial charge in [0.2, 0.25) is 11.9 Å². The van der Waals surface area contributed by atoms with Crippen molar-refractivity contribution in [3.63, 3.8) is 0 Å². The molecule has 3 aliphatic carbocycles. The summed E-state index contributed by atoms with van der Waals surface area (Å²) in [6, 6.07) is 4.07. The van der Waals surface area contributed by atoms with Crippen LogP contribution in [0.25, 0.3) is 0 Å². The average Bonchev–Trinajstić information content (AvgIpc) is 3.78. The Kier molecular flexibility index (Phi) is 5.80. The second kappa shape index (κ2) is 9.11. The van der Waals surface area contributed by atoms with Gasteiger partial charge in [-0.25, -0.2) is 4.98 Å². The van der Waals surface area contributed by atoms with E-state index in [1.165, 1.54) is 17.7 Å². The molecule has 182 valence electrons. The molecule has 0 aliphatic heterocycles. The van der Waals surface area contributed by atoms with Gasteiger partial charge < -0.3 is 20.5 Å². The summed E-state index contributed by atoms with van der Waals surface area (Å²) < 4.78 is 2.17. The molecule has 6 rings (SSSR count). The molecular formula is C26H30N6O2S. The van der Waals surface area contributed by atoms with E-state index in [-0.39, 0.29) is 23.8 Å². The number of aromatic nitrogens is 3. The third-order valence-corrected chi connectivity index (χ3v) is 8.42. The van der Waals surface area contributed by atoms with Gasteiger partial charge >= 0.3 is 0 Å². The minimum absolute atomic E-state index is 0.0457. The first-order valence-corrected chi connectivity index (χ1v) is 13.3. The summed E-state index contributed by atoms with van der Waals surface area (Å²) in [4.78, 5) is 36.0. The number of anilines is 3. The van der Waals surface area contributed by atoms with E-state index >= 15 is 0 Å². The van der Waals surface area contributed by atoms with Crippen LogP contribution in [0.5, 0.6) is 0 Å². The molecule has 2 saturated carbocycles. The van der Waals surface area contributed by atoms with Crippen LogP contribution < -0.4 is 16.0 Å². The van der Waals surface area contributed by atoms with E-state index in [1.807, 2.05) is 31.5 Å². The predicted molar refractivity (Wildman–Crippen MR) is 136 cm³/mol. The zero-order chi connectivity index (χ0) is 23.9. The number of hydrogen-bond acceptors (Lipinski definition) is 6. The van der Waals surface area contributed by atoms with Gasteiger partial charge in [-0.1, -0.05) is 0 Å².